The fourth-order valence-electron chi connectivity index (χ4n) is 3.13. The smallest absolute Gasteiger partial charge is 0.227 e. The third-order valence-electron chi connectivity index (χ3n) is 4.56. The molecule has 0 unspecified atom stereocenters. The van der Waals surface area contributed by atoms with Crippen molar-refractivity contribution >= 4 is 17.5 Å². The molecule has 2 aromatic heterocycles. The summed E-state index contributed by atoms with van der Waals surface area (Å²) in [6, 6.07) is 13.8. The summed E-state index contributed by atoms with van der Waals surface area (Å²) >= 11 is 0. The van der Waals surface area contributed by atoms with Crippen molar-refractivity contribution in [3.8, 4) is 17.0 Å². The molecule has 0 spiro atoms. The Labute approximate surface area is 184 Å². The van der Waals surface area contributed by atoms with Gasteiger partial charge in [0.1, 0.15) is 11.6 Å². The van der Waals surface area contributed by atoms with E-state index in [0.29, 0.717) is 12.6 Å². The van der Waals surface area contributed by atoms with Crippen molar-refractivity contribution in [3.63, 3.8) is 0 Å². The molecule has 1 aliphatic rings. The Kier molecular flexibility index (Phi) is 8.57. The number of piperazine rings is 1. The molecule has 3 aromatic rings. The molecule has 8 heteroatoms. The zero-order valence-electron chi connectivity index (χ0n) is 18.4. The van der Waals surface area contributed by atoms with Crippen LogP contribution in [0.15, 0.2) is 54.9 Å². The number of anilines is 3. The van der Waals surface area contributed by atoms with Gasteiger partial charge in [0, 0.05) is 49.8 Å². The van der Waals surface area contributed by atoms with Crippen molar-refractivity contribution in [2.75, 3.05) is 57.1 Å². The fourth-order valence-corrected chi connectivity index (χ4v) is 3.13. The van der Waals surface area contributed by atoms with Gasteiger partial charge in [0.25, 0.3) is 0 Å². The van der Waals surface area contributed by atoms with E-state index in [1.165, 1.54) is 0 Å². The molecule has 3 N–H and O–H groups in total. The lowest BCUT2D eigenvalue weighted by atomic mass is 10.2. The summed E-state index contributed by atoms with van der Waals surface area (Å²) in [6.07, 6.45) is 3.63. The Morgan fingerprint density at radius 2 is 1.74 bits per heavy atom. The van der Waals surface area contributed by atoms with Gasteiger partial charge in [0.05, 0.1) is 12.3 Å². The van der Waals surface area contributed by atoms with E-state index in [9.17, 15) is 0 Å². The van der Waals surface area contributed by atoms with Crippen LogP contribution in [0.25, 0.3) is 11.3 Å². The zero-order chi connectivity index (χ0) is 21.9. The number of pyridine rings is 1. The van der Waals surface area contributed by atoms with Gasteiger partial charge in [-0.1, -0.05) is 0 Å². The highest BCUT2D eigenvalue weighted by atomic mass is 16.5. The van der Waals surface area contributed by atoms with E-state index < -0.39 is 0 Å². The topological polar surface area (TPSA) is 87.2 Å². The van der Waals surface area contributed by atoms with Gasteiger partial charge in [-0.25, -0.2) is 15.0 Å². The summed E-state index contributed by atoms with van der Waals surface area (Å²) in [6.45, 7) is 6.58. The minimum Gasteiger partial charge on any atom is -0.494 e. The quantitative estimate of drug-likeness (QED) is 0.560. The van der Waals surface area contributed by atoms with E-state index in [0.717, 1.165) is 54.7 Å². The summed E-state index contributed by atoms with van der Waals surface area (Å²) in [5, 5.41) is 9.34. The van der Waals surface area contributed by atoms with Crippen molar-refractivity contribution < 1.29 is 4.74 Å². The molecule has 31 heavy (non-hydrogen) atoms. The maximum atomic E-state index is 5.47. The molecule has 4 rings (SSSR count). The normalized spacial score (nSPS) is 13.2. The van der Waals surface area contributed by atoms with Gasteiger partial charge >= 0.3 is 0 Å². The lowest BCUT2D eigenvalue weighted by molar-refractivity contribution is 0.340. The first kappa shape index (κ1) is 22.5. The van der Waals surface area contributed by atoms with E-state index in [2.05, 4.69) is 47.9 Å². The molecular weight excluding hydrogens is 390 g/mol. The van der Waals surface area contributed by atoms with Crippen LogP contribution in [0, 0.1) is 0 Å². The second-order valence-corrected chi connectivity index (χ2v) is 6.99. The van der Waals surface area contributed by atoms with Crippen molar-refractivity contribution in [1.29, 1.82) is 0 Å². The maximum Gasteiger partial charge on any atom is 0.227 e. The molecule has 3 heterocycles. The first-order chi connectivity index (χ1) is 15.2. The predicted molar refractivity (Wildman–Crippen MR) is 126 cm³/mol. The van der Waals surface area contributed by atoms with Crippen LogP contribution in [-0.4, -0.2) is 61.8 Å². The number of rotatable bonds is 6. The van der Waals surface area contributed by atoms with Gasteiger partial charge in [-0.05, 0) is 63.5 Å². The number of nitrogens with one attached hydrogen (secondary N) is 3. The second kappa shape index (κ2) is 11.8. The lowest BCUT2D eigenvalue weighted by Crippen LogP contribution is -2.43. The Morgan fingerprint density at radius 3 is 2.39 bits per heavy atom. The molecule has 0 saturated carbocycles. The monoisotopic (exact) mass is 421 g/mol. The molecule has 0 amide bonds. The first-order valence-corrected chi connectivity index (χ1v) is 10.6. The van der Waals surface area contributed by atoms with Gasteiger partial charge in [0.15, 0.2) is 0 Å². The van der Waals surface area contributed by atoms with Crippen molar-refractivity contribution in [1.82, 2.24) is 25.6 Å². The number of nitrogens with zero attached hydrogens (tertiary/aromatic N) is 4. The molecule has 1 saturated heterocycles. The number of hydrogen-bond acceptors (Lipinski definition) is 8. The van der Waals surface area contributed by atoms with Gasteiger partial charge in [-0.2, -0.15) is 0 Å². The fraction of sp³-hybridized carbons (Fsp3) is 0.348. The maximum absolute atomic E-state index is 5.47. The first-order valence-electron chi connectivity index (χ1n) is 10.6. The van der Waals surface area contributed by atoms with E-state index in [-0.39, 0.29) is 0 Å². The molecule has 0 aliphatic carbocycles. The molecule has 0 bridgehead atoms. The third-order valence-corrected chi connectivity index (χ3v) is 4.56. The third kappa shape index (κ3) is 6.63. The molecule has 8 nitrogen and oxygen atoms in total. The minimum atomic E-state index is 0.549. The Morgan fingerprint density at radius 1 is 1.00 bits per heavy atom. The highest BCUT2D eigenvalue weighted by molar-refractivity contribution is 5.62. The molecule has 1 aliphatic heterocycles. The molecule has 0 atom stereocenters. The van der Waals surface area contributed by atoms with Crippen LogP contribution in [0.4, 0.5) is 17.5 Å². The molecule has 1 aromatic carbocycles. The second-order valence-electron chi connectivity index (χ2n) is 6.99. The van der Waals surface area contributed by atoms with E-state index in [4.69, 9.17) is 4.74 Å². The van der Waals surface area contributed by atoms with Gasteiger partial charge in [-0.3, -0.25) is 0 Å². The summed E-state index contributed by atoms with van der Waals surface area (Å²) in [7, 11) is 3.75. The van der Waals surface area contributed by atoms with E-state index in [1.807, 2.05) is 57.5 Å². The number of hydrogen-bond donors (Lipinski definition) is 3. The number of benzene rings is 1. The van der Waals surface area contributed by atoms with Crippen LogP contribution in [-0.2, 0) is 0 Å². The van der Waals surface area contributed by atoms with Crippen molar-refractivity contribution in [2.45, 2.75) is 6.92 Å². The average molecular weight is 422 g/mol. The van der Waals surface area contributed by atoms with Crippen molar-refractivity contribution in [3.05, 3.63) is 54.9 Å². The van der Waals surface area contributed by atoms with Gasteiger partial charge in [0.2, 0.25) is 5.95 Å². The summed E-state index contributed by atoms with van der Waals surface area (Å²) in [4.78, 5) is 15.9. The molecule has 1 fully saturated rings. The van der Waals surface area contributed by atoms with Crippen LogP contribution in [0.5, 0.6) is 5.75 Å². The van der Waals surface area contributed by atoms with Gasteiger partial charge < -0.3 is 25.6 Å². The van der Waals surface area contributed by atoms with Crippen LogP contribution in [0.2, 0.25) is 0 Å². The highest BCUT2D eigenvalue weighted by Gasteiger charge is 2.12. The molecule has 0 radical (unpaired) electrons. The summed E-state index contributed by atoms with van der Waals surface area (Å²) < 4.78 is 5.47. The van der Waals surface area contributed by atoms with Crippen LogP contribution >= 0.6 is 0 Å². The van der Waals surface area contributed by atoms with Crippen LogP contribution in [0.3, 0.4) is 0 Å². The number of ether oxygens (including phenoxy) is 1. The Bertz CT molecular complexity index is 910. The lowest BCUT2D eigenvalue weighted by Gasteiger charge is -2.28. The zero-order valence-corrected chi connectivity index (χ0v) is 18.4. The average Bonchev–Trinajstić information content (AvgIpc) is 2.82. The van der Waals surface area contributed by atoms with Crippen LogP contribution in [0.1, 0.15) is 6.92 Å². The molecular formula is C23H31N7O. The summed E-state index contributed by atoms with van der Waals surface area (Å²) in [5.74, 6) is 2.40. The minimum absolute atomic E-state index is 0.549. The van der Waals surface area contributed by atoms with Crippen LogP contribution < -0.4 is 25.6 Å². The van der Waals surface area contributed by atoms with Gasteiger partial charge in [-0.15, -0.1) is 0 Å². The highest BCUT2D eigenvalue weighted by Crippen LogP contribution is 2.22. The largest absolute Gasteiger partial charge is 0.494 e. The van der Waals surface area contributed by atoms with E-state index in [1.54, 1.807) is 6.20 Å². The Hall–Kier alpha value is -3.23. The predicted octanol–water partition coefficient (Wildman–Crippen LogP) is 2.93. The number of aromatic nitrogens is 3. The van der Waals surface area contributed by atoms with Crippen molar-refractivity contribution in [2.24, 2.45) is 0 Å². The standard InChI is InChI=1S/C21H24N6O.C2H7N/c1-2-28-18-6-4-17(5-7-18)25-21-23-10-9-19(26-21)16-3-8-20(24-15-16)27-13-11-22-12-14-27;1-3-2/h3-10,15,22H,2,11-14H2,1H3,(H,23,25,26);3H,1-2H3. The summed E-state index contributed by atoms with van der Waals surface area (Å²) in [5.41, 5.74) is 2.71. The molecule has 164 valence electrons. The van der Waals surface area contributed by atoms with E-state index >= 15 is 0 Å². The SMILES string of the molecule is CCOc1ccc(Nc2nccc(-c3ccc(N4CCNCC4)nc3)n2)cc1.CNC. The Balaban J connectivity index is 0.000000858.